The highest BCUT2D eigenvalue weighted by atomic mass is 19.4. The van der Waals surface area contributed by atoms with Crippen LogP contribution in [0.1, 0.15) is 5.69 Å². The van der Waals surface area contributed by atoms with Gasteiger partial charge in [0.2, 0.25) is 5.88 Å². The molecule has 0 bridgehead atoms. The molecule has 0 spiro atoms. The lowest BCUT2D eigenvalue weighted by atomic mass is 10.2. The van der Waals surface area contributed by atoms with Gasteiger partial charge in [0.25, 0.3) is 0 Å². The number of halogens is 3. The number of nitrogens with one attached hydrogen (secondary N) is 1. The summed E-state index contributed by atoms with van der Waals surface area (Å²) in [6.45, 7) is 4.24. The van der Waals surface area contributed by atoms with Crippen molar-refractivity contribution in [2.75, 3.05) is 47.1 Å². The van der Waals surface area contributed by atoms with E-state index in [0.29, 0.717) is 45.8 Å². The number of hydrogen-bond donors (Lipinski definition) is 1. The fourth-order valence-electron chi connectivity index (χ4n) is 3.97. The molecular weight excluding hydrogens is 463 g/mol. The summed E-state index contributed by atoms with van der Waals surface area (Å²) >= 11 is 0. The number of alkyl halides is 3. The Morgan fingerprint density at radius 3 is 2.54 bits per heavy atom. The summed E-state index contributed by atoms with van der Waals surface area (Å²) in [5.41, 5.74) is 0.137. The van der Waals surface area contributed by atoms with Crippen molar-refractivity contribution in [2.45, 2.75) is 6.18 Å². The van der Waals surface area contributed by atoms with Gasteiger partial charge < -0.3 is 24.1 Å². The first kappa shape index (κ1) is 23.2. The maximum atomic E-state index is 13.0. The predicted octanol–water partition coefficient (Wildman–Crippen LogP) is 4.51. The lowest BCUT2D eigenvalue weighted by molar-refractivity contribution is -0.140. The molecule has 0 radical (unpaired) electrons. The van der Waals surface area contributed by atoms with Crippen LogP contribution < -0.4 is 14.2 Å². The lowest BCUT2D eigenvalue weighted by Gasteiger charge is -2.32. The van der Waals surface area contributed by atoms with Gasteiger partial charge in [-0.3, -0.25) is 4.90 Å². The standard InChI is InChI=1S/C24H24F3N5O3/c1-31-5-7-32(8-6-31)14-34-21-12-19-17(11-20(21)33-2)23(29-13-28-19)35-16-3-4-18-15(9-16)10-22(30-18)24(25,26)27/h3-4,9-13,30H,5-8,14H2,1-2H3. The zero-order valence-corrected chi connectivity index (χ0v) is 19.2. The number of benzene rings is 2. The second-order valence-electron chi connectivity index (χ2n) is 8.43. The number of nitrogens with zero attached hydrogens (tertiary/aromatic N) is 4. The van der Waals surface area contributed by atoms with Crippen LogP contribution >= 0.6 is 0 Å². The number of hydrogen-bond acceptors (Lipinski definition) is 7. The number of ether oxygens (including phenoxy) is 3. The Labute approximate surface area is 199 Å². The molecule has 184 valence electrons. The van der Waals surface area contributed by atoms with Gasteiger partial charge in [-0.2, -0.15) is 13.2 Å². The molecule has 35 heavy (non-hydrogen) atoms. The van der Waals surface area contributed by atoms with Crippen molar-refractivity contribution in [1.82, 2.24) is 24.8 Å². The molecule has 1 fully saturated rings. The number of piperazine rings is 1. The molecule has 1 N–H and O–H groups in total. The lowest BCUT2D eigenvalue weighted by Crippen LogP contribution is -2.45. The van der Waals surface area contributed by atoms with E-state index in [4.69, 9.17) is 14.2 Å². The van der Waals surface area contributed by atoms with Crippen LogP contribution in [0.25, 0.3) is 21.8 Å². The van der Waals surface area contributed by atoms with Crippen LogP contribution in [-0.2, 0) is 6.18 Å². The first-order valence-corrected chi connectivity index (χ1v) is 11.0. The third kappa shape index (κ3) is 4.96. The van der Waals surface area contributed by atoms with Crippen LogP contribution in [0.4, 0.5) is 13.2 Å². The molecule has 3 heterocycles. The zero-order valence-electron chi connectivity index (χ0n) is 19.2. The van der Waals surface area contributed by atoms with E-state index in [1.165, 1.54) is 18.5 Å². The van der Waals surface area contributed by atoms with Crippen molar-refractivity contribution in [3.8, 4) is 23.1 Å². The van der Waals surface area contributed by atoms with Gasteiger partial charge in [0.15, 0.2) is 11.5 Å². The van der Waals surface area contributed by atoms with Gasteiger partial charge in [-0.05, 0) is 37.4 Å². The Bertz CT molecular complexity index is 1350. The van der Waals surface area contributed by atoms with E-state index in [-0.39, 0.29) is 5.88 Å². The molecule has 1 aliphatic heterocycles. The Balaban J connectivity index is 1.40. The number of likely N-dealkylation sites (N-methyl/N-ethyl adjacent to an activating group) is 1. The average Bonchev–Trinajstić information content (AvgIpc) is 3.28. The molecule has 2 aromatic carbocycles. The van der Waals surface area contributed by atoms with Crippen LogP contribution in [-0.4, -0.2) is 71.8 Å². The molecule has 0 amide bonds. The molecule has 11 heteroatoms. The Kier molecular flexibility index (Phi) is 6.12. The molecule has 0 aliphatic carbocycles. The number of aromatic amines is 1. The summed E-state index contributed by atoms with van der Waals surface area (Å²) < 4.78 is 56.6. The van der Waals surface area contributed by atoms with Crippen molar-refractivity contribution >= 4 is 21.8 Å². The van der Waals surface area contributed by atoms with Gasteiger partial charge >= 0.3 is 6.18 Å². The minimum Gasteiger partial charge on any atom is -0.493 e. The summed E-state index contributed by atoms with van der Waals surface area (Å²) in [6, 6.07) is 9.20. The summed E-state index contributed by atoms with van der Waals surface area (Å²) in [4.78, 5) is 15.4. The summed E-state index contributed by atoms with van der Waals surface area (Å²) in [5.74, 6) is 1.66. The van der Waals surface area contributed by atoms with Gasteiger partial charge in [-0.15, -0.1) is 0 Å². The van der Waals surface area contributed by atoms with Gasteiger partial charge in [0.05, 0.1) is 18.0 Å². The largest absolute Gasteiger partial charge is 0.493 e. The molecule has 4 aromatic rings. The summed E-state index contributed by atoms with van der Waals surface area (Å²) in [6.07, 6.45) is -3.09. The molecule has 0 saturated carbocycles. The SMILES string of the molecule is COc1cc2c(Oc3ccc4[nH]c(C(F)(F)F)cc4c3)ncnc2cc1OCN1CCN(C)CC1. The van der Waals surface area contributed by atoms with E-state index in [9.17, 15) is 13.2 Å². The van der Waals surface area contributed by atoms with Crippen molar-refractivity contribution in [2.24, 2.45) is 0 Å². The van der Waals surface area contributed by atoms with Crippen LogP contribution in [0.2, 0.25) is 0 Å². The maximum Gasteiger partial charge on any atom is 0.431 e. The van der Waals surface area contributed by atoms with Crippen LogP contribution in [0.3, 0.4) is 0 Å². The molecule has 1 saturated heterocycles. The molecule has 0 atom stereocenters. The first-order valence-electron chi connectivity index (χ1n) is 11.0. The Hall–Kier alpha value is -3.57. The predicted molar refractivity (Wildman–Crippen MR) is 124 cm³/mol. The minimum absolute atomic E-state index is 0.254. The van der Waals surface area contributed by atoms with Gasteiger partial charge in [0, 0.05) is 43.1 Å². The van der Waals surface area contributed by atoms with Crippen molar-refractivity contribution in [1.29, 1.82) is 0 Å². The highest BCUT2D eigenvalue weighted by Crippen LogP contribution is 2.37. The third-order valence-corrected chi connectivity index (χ3v) is 5.99. The molecular formula is C24H24F3N5O3. The van der Waals surface area contributed by atoms with E-state index in [1.54, 1.807) is 25.3 Å². The van der Waals surface area contributed by atoms with Crippen molar-refractivity contribution < 1.29 is 27.4 Å². The second-order valence-corrected chi connectivity index (χ2v) is 8.43. The molecule has 5 rings (SSSR count). The number of methoxy groups -OCH3 is 1. The Morgan fingerprint density at radius 1 is 1.00 bits per heavy atom. The maximum absolute atomic E-state index is 13.0. The third-order valence-electron chi connectivity index (χ3n) is 5.99. The summed E-state index contributed by atoms with van der Waals surface area (Å²) in [5, 5.41) is 0.965. The van der Waals surface area contributed by atoms with Crippen LogP contribution in [0.5, 0.6) is 23.1 Å². The molecule has 8 nitrogen and oxygen atoms in total. The number of H-pyrrole nitrogens is 1. The smallest absolute Gasteiger partial charge is 0.431 e. The zero-order chi connectivity index (χ0) is 24.6. The fraction of sp³-hybridized carbons (Fsp3) is 0.333. The molecule has 2 aromatic heterocycles. The Morgan fingerprint density at radius 2 is 1.80 bits per heavy atom. The van der Waals surface area contributed by atoms with E-state index in [0.717, 1.165) is 32.2 Å². The number of fused-ring (bicyclic) bond motifs is 2. The second kappa shape index (κ2) is 9.23. The van der Waals surface area contributed by atoms with E-state index in [2.05, 4.69) is 31.8 Å². The average molecular weight is 487 g/mol. The van der Waals surface area contributed by atoms with Crippen molar-refractivity contribution in [3.63, 3.8) is 0 Å². The van der Waals surface area contributed by atoms with Crippen LogP contribution in [0, 0.1) is 0 Å². The fourth-order valence-corrected chi connectivity index (χ4v) is 3.97. The highest BCUT2D eigenvalue weighted by molar-refractivity contribution is 5.87. The van der Waals surface area contributed by atoms with Gasteiger partial charge in [0.1, 0.15) is 24.5 Å². The summed E-state index contributed by atoms with van der Waals surface area (Å²) in [7, 11) is 3.65. The highest BCUT2D eigenvalue weighted by Gasteiger charge is 2.32. The topological polar surface area (TPSA) is 75.7 Å². The van der Waals surface area contributed by atoms with Gasteiger partial charge in [-0.25, -0.2) is 9.97 Å². The van der Waals surface area contributed by atoms with Gasteiger partial charge in [-0.1, -0.05) is 0 Å². The molecule has 0 unspecified atom stereocenters. The molecule has 1 aliphatic rings. The van der Waals surface area contributed by atoms with E-state index >= 15 is 0 Å². The first-order chi connectivity index (χ1) is 16.8. The normalized spacial score (nSPS) is 15.6. The quantitative estimate of drug-likeness (QED) is 0.429. The number of rotatable bonds is 6. The minimum atomic E-state index is -4.45. The van der Waals surface area contributed by atoms with Crippen molar-refractivity contribution in [3.05, 3.63) is 48.4 Å². The monoisotopic (exact) mass is 487 g/mol. The van der Waals surface area contributed by atoms with E-state index < -0.39 is 11.9 Å². The number of aromatic nitrogens is 3. The van der Waals surface area contributed by atoms with Crippen LogP contribution in [0.15, 0.2) is 42.7 Å². The van der Waals surface area contributed by atoms with E-state index in [1.807, 2.05) is 0 Å².